The minimum absolute atomic E-state index is 0.109. The Bertz CT molecular complexity index is 425. The molecule has 18 heavy (non-hydrogen) atoms. The van der Waals surface area contributed by atoms with Gasteiger partial charge in [-0.3, -0.25) is 0 Å². The van der Waals surface area contributed by atoms with Crippen LogP contribution in [0.4, 0.5) is 5.69 Å². The summed E-state index contributed by atoms with van der Waals surface area (Å²) in [7, 11) is 0. The summed E-state index contributed by atoms with van der Waals surface area (Å²) in [4.78, 5) is 0. The van der Waals surface area contributed by atoms with Crippen molar-refractivity contribution < 1.29 is 5.11 Å². The second kappa shape index (κ2) is 6.05. The molecule has 1 aliphatic rings. The van der Waals surface area contributed by atoms with E-state index in [9.17, 15) is 0 Å². The van der Waals surface area contributed by atoms with E-state index >= 15 is 0 Å². The smallest absolute Gasteiger partial charge is 0.0682 e. The van der Waals surface area contributed by atoms with E-state index in [-0.39, 0.29) is 6.61 Å². The monoisotopic (exact) mass is 245 g/mol. The van der Waals surface area contributed by atoms with Gasteiger partial charge in [0.2, 0.25) is 0 Å². The van der Waals surface area contributed by atoms with Gasteiger partial charge < -0.3 is 10.4 Å². The van der Waals surface area contributed by atoms with Crippen molar-refractivity contribution in [1.29, 1.82) is 0 Å². The van der Waals surface area contributed by atoms with Gasteiger partial charge in [-0.2, -0.15) is 0 Å². The normalized spacial score (nSPS) is 23.6. The summed E-state index contributed by atoms with van der Waals surface area (Å²) >= 11 is 0. The lowest BCUT2D eigenvalue weighted by molar-refractivity contribution is 0.282. The first kappa shape index (κ1) is 13.2. The van der Waals surface area contributed by atoms with Crippen LogP contribution in [0, 0.1) is 11.8 Å². The van der Waals surface area contributed by atoms with Crippen LogP contribution in [0.15, 0.2) is 35.9 Å². The van der Waals surface area contributed by atoms with E-state index in [0.29, 0.717) is 5.92 Å². The molecule has 1 aromatic rings. The number of rotatable bonds is 4. The molecule has 0 fully saturated rings. The second-order valence-electron chi connectivity index (χ2n) is 5.54. The zero-order valence-corrected chi connectivity index (χ0v) is 11.3. The minimum atomic E-state index is 0.109. The summed E-state index contributed by atoms with van der Waals surface area (Å²) in [6.07, 6.45) is 4.87. The Morgan fingerprint density at radius 1 is 1.39 bits per heavy atom. The Morgan fingerprint density at radius 2 is 2.22 bits per heavy atom. The first-order valence-electron chi connectivity index (χ1n) is 6.78. The molecule has 2 N–H and O–H groups in total. The van der Waals surface area contributed by atoms with E-state index in [1.54, 1.807) is 0 Å². The fraction of sp³-hybridized carbons (Fsp3) is 0.500. The van der Waals surface area contributed by atoms with Gasteiger partial charge in [-0.1, -0.05) is 30.7 Å². The van der Waals surface area contributed by atoms with Crippen molar-refractivity contribution in [2.24, 2.45) is 11.8 Å². The molecule has 0 spiro atoms. The largest absolute Gasteiger partial charge is 0.392 e. The number of hydrogen-bond acceptors (Lipinski definition) is 2. The summed E-state index contributed by atoms with van der Waals surface area (Å²) < 4.78 is 0. The highest BCUT2D eigenvalue weighted by Gasteiger charge is 2.17. The lowest BCUT2D eigenvalue weighted by atomic mass is 9.84. The second-order valence-corrected chi connectivity index (χ2v) is 5.54. The lowest BCUT2D eigenvalue weighted by Gasteiger charge is -2.26. The molecule has 1 aromatic carbocycles. The molecule has 98 valence electrons. The van der Waals surface area contributed by atoms with Crippen molar-refractivity contribution in [1.82, 2.24) is 0 Å². The maximum atomic E-state index is 9.11. The topological polar surface area (TPSA) is 32.3 Å². The van der Waals surface area contributed by atoms with Crippen molar-refractivity contribution in [3.63, 3.8) is 0 Å². The standard InChI is InChI=1S/C16H23NO/c1-12-6-13(2)8-15(7-12)10-17-16-5-3-4-14(9-16)11-18/h3-6,9,12,15,17-18H,7-8,10-11H2,1-2H3. The third-order valence-corrected chi connectivity index (χ3v) is 3.59. The molecule has 0 aliphatic heterocycles. The van der Waals surface area contributed by atoms with E-state index in [4.69, 9.17) is 5.11 Å². The maximum absolute atomic E-state index is 9.11. The summed E-state index contributed by atoms with van der Waals surface area (Å²) in [6, 6.07) is 8.02. The highest BCUT2D eigenvalue weighted by Crippen LogP contribution is 2.28. The van der Waals surface area contributed by atoms with Crippen molar-refractivity contribution in [2.75, 3.05) is 11.9 Å². The molecule has 0 aromatic heterocycles. The molecule has 2 nitrogen and oxygen atoms in total. The van der Waals surface area contributed by atoms with Crippen molar-refractivity contribution in [3.8, 4) is 0 Å². The van der Waals surface area contributed by atoms with Gasteiger partial charge in [0.1, 0.15) is 0 Å². The molecule has 0 radical (unpaired) electrons. The number of benzene rings is 1. The molecule has 0 bridgehead atoms. The predicted octanol–water partition coefficient (Wildman–Crippen LogP) is 3.58. The van der Waals surface area contributed by atoms with Gasteiger partial charge >= 0.3 is 0 Å². The fourth-order valence-electron chi connectivity index (χ4n) is 2.88. The summed E-state index contributed by atoms with van der Waals surface area (Å²) in [5.41, 5.74) is 3.60. The Morgan fingerprint density at radius 3 is 2.94 bits per heavy atom. The number of aliphatic hydroxyl groups is 1. The quantitative estimate of drug-likeness (QED) is 0.795. The third kappa shape index (κ3) is 3.61. The summed E-state index contributed by atoms with van der Waals surface area (Å²) in [5.74, 6) is 1.43. The number of allylic oxidation sites excluding steroid dienone is 2. The number of hydrogen-bond donors (Lipinski definition) is 2. The lowest BCUT2D eigenvalue weighted by Crippen LogP contribution is -2.20. The van der Waals surface area contributed by atoms with E-state index in [0.717, 1.165) is 23.7 Å². The zero-order chi connectivity index (χ0) is 13.0. The van der Waals surface area contributed by atoms with E-state index in [1.165, 1.54) is 18.4 Å². The number of nitrogens with one attached hydrogen (secondary N) is 1. The Kier molecular flexibility index (Phi) is 4.43. The van der Waals surface area contributed by atoms with Crippen LogP contribution in [0.1, 0.15) is 32.3 Å². The minimum Gasteiger partial charge on any atom is -0.392 e. The Balaban J connectivity index is 1.89. The van der Waals surface area contributed by atoms with Crippen LogP contribution in [-0.2, 0) is 6.61 Å². The molecule has 2 heteroatoms. The summed E-state index contributed by atoms with van der Waals surface area (Å²) in [6.45, 7) is 5.65. The molecule has 0 saturated heterocycles. The van der Waals surface area contributed by atoms with Crippen LogP contribution in [0.3, 0.4) is 0 Å². The van der Waals surface area contributed by atoms with Crippen molar-refractivity contribution >= 4 is 5.69 Å². The van der Waals surface area contributed by atoms with E-state index in [1.807, 2.05) is 18.2 Å². The molecular weight excluding hydrogens is 222 g/mol. The van der Waals surface area contributed by atoms with Crippen LogP contribution in [0.2, 0.25) is 0 Å². The van der Waals surface area contributed by atoms with Crippen LogP contribution in [0.5, 0.6) is 0 Å². The average Bonchev–Trinajstić information content (AvgIpc) is 2.35. The van der Waals surface area contributed by atoms with E-state index in [2.05, 4.69) is 31.3 Å². The number of anilines is 1. The van der Waals surface area contributed by atoms with Gasteiger partial charge in [0.15, 0.2) is 0 Å². The highest BCUT2D eigenvalue weighted by molar-refractivity contribution is 5.45. The third-order valence-electron chi connectivity index (χ3n) is 3.59. The van der Waals surface area contributed by atoms with Gasteiger partial charge in [0.25, 0.3) is 0 Å². The van der Waals surface area contributed by atoms with Gasteiger partial charge in [-0.15, -0.1) is 0 Å². The molecule has 0 saturated carbocycles. The van der Waals surface area contributed by atoms with Crippen molar-refractivity contribution in [2.45, 2.75) is 33.3 Å². The molecule has 2 unspecified atom stereocenters. The van der Waals surface area contributed by atoms with Gasteiger partial charge in [0, 0.05) is 12.2 Å². The molecule has 0 heterocycles. The van der Waals surface area contributed by atoms with Gasteiger partial charge in [-0.05, 0) is 49.3 Å². The van der Waals surface area contributed by atoms with E-state index < -0.39 is 0 Å². The summed E-state index contributed by atoms with van der Waals surface area (Å²) in [5, 5.41) is 12.6. The van der Waals surface area contributed by atoms with Crippen LogP contribution >= 0.6 is 0 Å². The van der Waals surface area contributed by atoms with Gasteiger partial charge in [0.05, 0.1) is 6.61 Å². The molecular formula is C16H23NO. The molecule has 0 amide bonds. The Labute approximate surface area is 110 Å². The first-order valence-corrected chi connectivity index (χ1v) is 6.78. The molecule has 2 atom stereocenters. The molecule has 1 aliphatic carbocycles. The molecule has 2 rings (SSSR count). The first-order chi connectivity index (χ1) is 8.67. The zero-order valence-electron chi connectivity index (χ0n) is 11.3. The highest BCUT2D eigenvalue weighted by atomic mass is 16.3. The maximum Gasteiger partial charge on any atom is 0.0682 e. The Hall–Kier alpha value is -1.28. The van der Waals surface area contributed by atoms with Crippen LogP contribution < -0.4 is 5.32 Å². The number of aliphatic hydroxyl groups excluding tert-OH is 1. The predicted molar refractivity (Wildman–Crippen MR) is 76.5 cm³/mol. The SMILES string of the molecule is CC1=CC(C)CC(CNc2cccc(CO)c2)C1. The van der Waals surface area contributed by atoms with Gasteiger partial charge in [-0.25, -0.2) is 0 Å². The average molecular weight is 245 g/mol. The van der Waals surface area contributed by atoms with Crippen LogP contribution in [-0.4, -0.2) is 11.7 Å². The fourth-order valence-corrected chi connectivity index (χ4v) is 2.88. The van der Waals surface area contributed by atoms with Crippen LogP contribution in [0.25, 0.3) is 0 Å². The van der Waals surface area contributed by atoms with Crippen molar-refractivity contribution in [3.05, 3.63) is 41.5 Å².